The van der Waals surface area contributed by atoms with Crippen LogP contribution < -0.4 is 5.46 Å². The first-order valence-electron chi connectivity index (χ1n) is 18.8. The normalized spacial score (nSPS) is 11.7. The van der Waals surface area contributed by atoms with Crippen LogP contribution in [0.25, 0.3) is 76.3 Å². The molecule has 1 heterocycles. The Hall–Kier alpha value is -5.43. The molecule has 0 aliphatic rings. The van der Waals surface area contributed by atoms with Gasteiger partial charge in [0.05, 0.1) is 0 Å². The molecule has 57 heavy (non-hydrogen) atoms. The Bertz CT molecular complexity index is 2850. The van der Waals surface area contributed by atoms with E-state index in [4.69, 9.17) is 4.65 Å². The summed E-state index contributed by atoms with van der Waals surface area (Å²) in [6.07, 6.45) is 0. The molecule has 2 N–H and O–H groups in total. The van der Waals surface area contributed by atoms with Crippen LogP contribution in [0.2, 0.25) is 0 Å². The third-order valence-corrected chi connectivity index (χ3v) is 9.92. The smallest absolute Gasteiger partial charge is 0.468 e. The largest absolute Gasteiger partial charge is 0.492 e. The summed E-state index contributed by atoms with van der Waals surface area (Å²) in [5.41, 5.74) is 8.41. The first kappa shape index (κ1) is 39.8. The van der Waals surface area contributed by atoms with Gasteiger partial charge in [-0.25, -0.2) is 0 Å². The van der Waals surface area contributed by atoms with Crippen LogP contribution in [0.5, 0.6) is 0 Å². The number of aromatic amines is 1. The predicted octanol–water partition coefficient (Wildman–Crippen LogP) is 11.4. The first-order valence-corrected chi connectivity index (χ1v) is 18.8. The number of aromatic nitrogens is 1. The number of hydrogen-bond acceptors (Lipinski definition) is 2. The van der Waals surface area contributed by atoms with Crippen LogP contribution in [0.1, 0.15) is 31.9 Å². The van der Waals surface area contributed by atoms with Gasteiger partial charge < -0.3 is 30.4 Å². The predicted molar refractivity (Wildman–Crippen MR) is 237 cm³/mol. The van der Waals surface area contributed by atoms with Gasteiger partial charge in [-0.3, -0.25) is 0 Å². The molecule has 0 aliphatic carbocycles. The van der Waals surface area contributed by atoms with Gasteiger partial charge in [0.1, 0.15) is 0 Å². The molecule has 0 unspecified atom stereocenters. The van der Waals surface area contributed by atoms with Crippen molar-refractivity contribution in [2.45, 2.75) is 26.4 Å². The topological polar surface area (TPSA) is 94.0 Å². The molecular formula is C49H41BN4O2Y-2. The second-order valence-corrected chi connectivity index (χ2v) is 14.8. The van der Waals surface area contributed by atoms with E-state index < -0.39 is 12.7 Å². The summed E-state index contributed by atoms with van der Waals surface area (Å²) in [5, 5.41) is 32.9. The van der Waals surface area contributed by atoms with E-state index in [0.29, 0.717) is 11.4 Å². The first-order chi connectivity index (χ1) is 27.2. The standard InChI is InChI=1S/C27H21N3.C22H20BNO2.Y/c1-29-27(25-17-9-15-23(19-25)21-12-6-3-7-13-21)30-26(28)24-16-8-14-22(18-24)20-10-4-2-5-11-20;1-22(2,3)26-23(25)16-11-12-18-21-19(16)14-8-5-4-7-13(14)15-9-6-10-17(24-18)20(15)21;/h2-19H,1H3;4-12,24-25H,1-3H3;/q-2;;. The van der Waals surface area contributed by atoms with Crippen molar-refractivity contribution in [1.29, 1.82) is 0 Å². The van der Waals surface area contributed by atoms with E-state index in [1.807, 2.05) is 124 Å². The zero-order valence-corrected chi connectivity index (χ0v) is 35.3. The molecule has 8 heteroatoms. The van der Waals surface area contributed by atoms with Crippen molar-refractivity contribution in [2.24, 2.45) is 4.99 Å². The van der Waals surface area contributed by atoms with Gasteiger partial charge in [0.2, 0.25) is 0 Å². The average Bonchev–Trinajstić information content (AvgIpc) is 3.62. The van der Waals surface area contributed by atoms with Crippen LogP contribution >= 0.6 is 0 Å². The van der Waals surface area contributed by atoms with Crippen molar-refractivity contribution >= 4 is 67.6 Å². The molecule has 277 valence electrons. The second-order valence-electron chi connectivity index (χ2n) is 14.8. The minimum absolute atomic E-state index is 0. The Kier molecular flexibility index (Phi) is 11.8. The van der Waals surface area contributed by atoms with E-state index in [9.17, 15) is 10.4 Å². The zero-order valence-electron chi connectivity index (χ0n) is 32.4. The van der Waals surface area contributed by atoms with Gasteiger partial charge in [0.15, 0.2) is 0 Å². The van der Waals surface area contributed by atoms with Crippen LogP contribution in [-0.4, -0.2) is 41.4 Å². The SMILES string of the molecule is CC(C)(C)OB(O)c1ccc2[nH]c3cccc4c5ccccc5c1c2c34.C[N-]C(=NC(=[N-])c1cccc(-c2ccccc2)c1)c1cccc(-c2ccccc2)c1.[Y]. The maximum atomic E-state index is 10.9. The van der Waals surface area contributed by atoms with E-state index in [1.165, 1.54) is 21.5 Å². The van der Waals surface area contributed by atoms with Crippen molar-refractivity contribution in [3.8, 4) is 22.3 Å². The fourth-order valence-electron chi connectivity index (χ4n) is 7.45. The van der Waals surface area contributed by atoms with Crippen molar-refractivity contribution in [3.63, 3.8) is 0 Å². The summed E-state index contributed by atoms with van der Waals surface area (Å²) in [6.45, 7) is 5.87. The van der Waals surface area contributed by atoms with Gasteiger partial charge in [0.25, 0.3) is 0 Å². The fraction of sp³-hybridized carbons (Fsp3) is 0.102. The molecule has 0 bridgehead atoms. The Morgan fingerprint density at radius 1 is 0.596 bits per heavy atom. The van der Waals surface area contributed by atoms with Crippen LogP contribution in [0.3, 0.4) is 0 Å². The summed E-state index contributed by atoms with van der Waals surface area (Å²) < 4.78 is 5.88. The summed E-state index contributed by atoms with van der Waals surface area (Å²) in [5.74, 6) is 0.425. The average molecular weight is 818 g/mol. The molecule has 0 atom stereocenters. The molecule has 0 saturated carbocycles. The molecule has 8 aromatic carbocycles. The molecule has 0 amide bonds. The molecule has 0 spiro atoms. The molecular weight excluding hydrogens is 776 g/mol. The minimum atomic E-state index is -0.974. The van der Waals surface area contributed by atoms with Crippen LogP contribution in [0, 0.1) is 0 Å². The van der Waals surface area contributed by atoms with E-state index in [0.717, 1.165) is 55.1 Å². The summed E-state index contributed by atoms with van der Waals surface area (Å²) in [4.78, 5) is 7.95. The van der Waals surface area contributed by atoms with Gasteiger partial charge in [-0.2, -0.15) is 0 Å². The summed E-state index contributed by atoms with van der Waals surface area (Å²) in [7, 11) is 0.708. The number of fused-ring (bicyclic) bond motifs is 3. The van der Waals surface area contributed by atoms with Crippen LogP contribution in [0.4, 0.5) is 0 Å². The zero-order chi connectivity index (χ0) is 38.8. The van der Waals surface area contributed by atoms with Gasteiger partial charge in [0, 0.05) is 60.1 Å². The Balaban J connectivity index is 0.000000172. The number of nitrogens with one attached hydrogen (secondary N) is 1. The molecule has 0 aliphatic heterocycles. The summed E-state index contributed by atoms with van der Waals surface area (Å²) in [6, 6.07) is 54.8. The van der Waals surface area contributed by atoms with Crippen LogP contribution in [-0.2, 0) is 37.4 Å². The Morgan fingerprint density at radius 2 is 1.11 bits per heavy atom. The molecule has 1 aromatic heterocycles. The van der Waals surface area contributed by atoms with E-state index in [2.05, 4.69) is 76.0 Å². The van der Waals surface area contributed by atoms with Gasteiger partial charge in [-0.05, 0) is 105 Å². The summed E-state index contributed by atoms with van der Waals surface area (Å²) >= 11 is 0. The van der Waals surface area contributed by atoms with Crippen molar-refractivity contribution < 1.29 is 42.4 Å². The maximum absolute atomic E-state index is 10.9. The number of H-pyrrole nitrogens is 1. The molecule has 9 rings (SSSR count). The molecule has 1 radical (unpaired) electrons. The molecule has 9 aromatic rings. The van der Waals surface area contributed by atoms with Gasteiger partial charge in [-0.15, -0.1) is 0 Å². The van der Waals surface area contributed by atoms with Gasteiger partial charge in [-0.1, -0.05) is 158 Å². The molecule has 0 saturated heterocycles. The Labute approximate surface area is 358 Å². The fourth-order valence-corrected chi connectivity index (χ4v) is 7.45. The van der Waals surface area contributed by atoms with Crippen molar-refractivity contribution in [2.75, 3.05) is 7.05 Å². The Morgan fingerprint density at radius 3 is 1.74 bits per heavy atom. The van der Waals surface area contributed by atoms with Crippen LogP contribution in [0.15, 0.2) is 169 Å². The maximum Gasteiger partial charge on any atom is 0.492 e. The molecule has 0 fully saturated rings. The second kappa shape index (κ2) is 17.0. The number of benzene rings is 8. The van der Waals surface area contributed by atoms with E-state index in [-0.39, 0.29) is 38.5 Å². The number of amidine groups is 2. The van der Waals surface area contributed by atoms with Crippen molar-refractivity contribution in [1.82, 2.24) is 4.98 Å². The third-order valence-electron chi connectivity index (χ3n) is 9.92. The number of hydrogen-bond donors (Lipinski definition) is 2. The third kappa shape index (κ3) is 8.34. The number of nitrogens with zero attached hydrogens (tertiary/aromatic N) is 3. The van der Waals surface area contributed by atoms with Gasteiger partial charge >= 0.3 is 7.12 Å². The van der Waals surface area contributed by atoms with E-state index >= 15 is 0 Å². The van der Waals surface area contributed by atoms with Crippen molar-refractivity contribution in [3.05, 3.63) is 186 Å². The van der Waals surface area contributed by atoms with E-state index in [1.54, 1.807) is 7.05 Å². The number of rotatable bonds is 6. The number of aliphatic imine (C=N–C) groups is 1. The quantitative estimate of drug-likeness (QED) is 0.0757. The monoisotopic (exact) mass is 817 g/mol. The molecule has 6 nitrogen and oxygen atoms in total. The minimum Gasteiger partial charge on any atom is -0.468 e.